The van der Waals surface area contributed by atoms with Crippen LogP contribution in [0.3, 0.4) is 0 Å². The minimum atomic E-state index is 0.320. The highest BCUT2D eigenvalue weighted by Crippen LogP contribution is 2.31. The van der Waals surface area contributed by atoms with E-state index in [9.17, 15) is 0 Å². The maximum absolute atomic E-state index is 6.31. The lowest BCUT2D eigenvalue weighted by Crippen LogP contribution is -2.15. The summed E-state index contributed by atoms with van der Waals surface area (Å²) in [7, 11) is 0. The van der Waals surface area contributed by atoms with Gasteiger partial charge in [-0.15, -0.1) is 0 Å². The first-order valence-electron chi connectivity index (χ1n) is 9.65. The van der Waals surface area contributed by atoms with E-state index in [0.717, 1.165) is 27.2 Å². The number of nitrogens with two attached hydrogens (primary N) is 2. The molecule has 144 valence electrons. The van der Waals surface area contributed by atoms with Crippen LogP contribution in [0.5, 0.6) is 0 Å². The summed E-state index contributed by atoms with van der Waals surface area (Å²) >= 11 is 0. The molecule has 0 aliphatic heterocycles. The van der Waals surface area contributed by atoms with Crippen LogP contribution in [0.4, 0.5) is 11.5 Å². The molecule has 0 saturated heterocycles. The minimum Gasteiger partial charge on any atom is -0.398 e. The van der Waals surface area contributed by atoms with Gasteiger partial charge in [-0.3, -0.25) is 0 Å². The summed E-state index contributed by atoms with van der Waals surface area (Å²) in [5.74, 6) is 1.45. The average Bonchev–Trinajstić information content (AvgIpc) is 2.79. The van der Waals surface area contributed by atoms with E-state index < -0.39 is 0 Å². The van der Waals surface area contributed by atoms with E-state index in [2.05, 4.69) is 23.2 Å². The molecule has 4 N–H and O–H groups in total. The lowest BCUT2D eigenvalue weighted by Gasteiger charge is -2.10. The van der Waals surface area contributed by atoms with E-state index in [4.69, 9.17) is 21.4 Å². The normalized spacial score (nSPS) is 11.8. The standard InChI is InChI=1S/C25H19N5/c26-21-14-5-3-11-19(21)23(27)29-25-20-12-4-6-15-22(20)28-24(30-25)18-13-7-9-16-8-1-2-10-17(16)18/h1-15H,26H2,(H2,27,28,29,30). The Hall–Kier alpha value is -4.25. The van der Waals surface area contributed by atoms with Gasteiger partial charge in [0.15, 0.2) is 11.6 Å². The zero-order chi connectivity index (χ0) is 20.5. The fourth-order valence-electron chi connectivity index (χ4n) is 3.59. The number of fused-ring (bicyclic) bond motifs is 2. The van der Waals surface area contributed by atoms with Crippen LogP contribution in [-0.4, -0.2) is 15.8 Å². The quantitative estimate of drug-likeness (QED) is 0.256. The van der Waals surface area contributed by atoms with E-state index in [1.54, 1.807) is 6.07 Å². The van der Waals surface area contributed by atoms with Gasteiger partial charge in [-0.25, -0.2) is 15.0 Å². The van der Waals surface area contributed by atoms with Crippen molar-refractivity contribution in [1.29, 1.82) is 0 Å². The van der Waals surface area contributed by atoms with Gasteiger partial charge in [-0.1, -0.05) is 66.7 Å². The van der Waals surface area contributed by atoms with Crippen molar-refractivity contribution in [2.24, 2.45) is 10.7 Å². The van der Waals surface area contributed by atoms with Crippen molar-refractivity contribution in [2.45, 2.75) is 0 Å². The van der Waals surface area contributed by atoms with Crippen LogP contribution in [0.1, 0.15) is 5.56 Å². The number of hydrogen-bond donors (Lipinski definition) is 2. The Morgan fingerprint density at radius 3 is 2.27 bits per heavy atom. The van der Waals surface area contributed by atoms with Crippen LogP contribution in [0.2, 0.25) is 0 Å². The molecule has 0 radical (unpaired) electrons. The summed E-state index contributed by atoms with van der Waals surface area (Å²) in [6, 6.07) is 29.5. The van der Waals surface area contributed by atoms with Crippen molar-refractivity contribution >= 4 is 39.0 Å². The Morgan fingerprint density at radius 1 is 0.700 bits per heavy atom. The Morgan fingerprint density at radius 2 is 1.40 bits per heavy atom. The van der Waals surface area contributed by atoms with Gasteiger partial charge in [0, 0.05) is 22.2 Å². The molecule has 0 aliphatic carbocycles. The van der Waals surface area contributed by atoms with Crippen LogP contribution in [0.15, 0.2) is 96.0 Å². The summed E-state index contributed by atoms with van der Waals surface area (Å²) in [6.45, 7) is 0. The second kappa shape index (κ2) is 7.29. The predicted molar refractivity (Wildman–Crippen MR) is 124 cm³/mol. The fraction of sp³-hybridized carbons (Fsp3) is 0. The lowest BCUT2D eigenvalue weighted by atomic mass is 10.0. The van der Waals surface area contributed by atoms with E-state index in [1.807, 2.05) is 66.7 Å². The van der Waals surface area contributed by atoms with Gasteiger partial charge >= 0.3 is 0 Å². The molecular weight excluding hydrogens is 370 g/mol. The van der Waals surface area contributed by atoms with Crippen molar-refractivity contribution in [3.8, 4) is 11.4 Å². The van der Waals surface area contributed by atoms with Gasteiger partial charge in [0.1, 0.15) is 5.84 Å². The molecule has 0 saturated carbocycles. The largest absolute Gasteiger partial charge is 0.398 e. The number of nitrogen functional groups attached to an aromatic ring is 1. The van der Waals surface area contributed by atoms with Crippen molar-refractivity contribution < 1.29 is 0 Å². The molecule has 1 aromatic heterocycles. The predicted octanol–water partition coefficient (Wildman–Crippen LogP) is 5.07. The van der Waals surface area contributed by atoms with Crippen LogP contribution >= 0.6 is 0 Å². The Bertz CT molecular complexity index is 1420. The third-order valence-corrected chi connectivity index (χ3v) is 5.08. The third kappa shape index (κ3) is 3.12. The Balaban J connectivity index is 1.75. The average molecular weight is 389 g/mol. The highest BCUT2D eigenvalue weighted by Gasteiger charge is 2.12. The molecule has 0 spiro atoms. The van der Waals surface area contributed by atoms with Crippen LogP contribution in [0, 0.1) is 0 Å². The third-order valence-electron chi connectivity index (χ3n) is 5.08. The van der Waals surface area contributed by atoms with Gasteiger partial charge in [-0.05, 0) is 35.0 Å². The minimum absolute atomic E-state index is 0.320. The zero-order valence-electron chi connectivity index (χ0n) is 16.2. The van der Waals surface area contributed by atoms with Crippen molar-refractivity contribution in [2.75, 3.05) is 5.73 Å². The van der Waals surface area contributed by atoms with Gasteiger partial charge in [0.25, 0.3) is 0 Å². The van der Waals surface area contributed by atoms with Crippen LogP contribution < -0.4 is 11.5 Å². The van der Waals surface area contributed by atoms with Crippen LogP contribution in [0.25, 0.3) is 33.1 Å². The molecule has 5 aromatic rings. The maximum Gasteiger partial charge on any atom is 0.166 e. The topological polar surface area (TPSA) is 90.2 Å². The molecule has 5 rings (SSSR count). The number of aromatic nitrogens is 2. The van der Waals surface area contributed by atoms with Crippen LogP contribution in [-0.2, 0) is 0 Å². The highest BCUT2D eigenvalue weighted by molar-refractivity contribution is 6.05. The molecule has 0 bridgehead atoms. The number of hydrogen-bond acceptors (Lipinski definition) is 4. The van der Waals surface area contributed by atoms with Crippen molar-refractivity contribution in [3.05, 3.63) is 96.6 Å². The molecule has 0 atom stereocenters. The second-order valence-electron chi connectivity index (χ2n) is 7.00. The Kier molecular flexibility index (Phi) is 4.33. The van der Waals surface area contributed by atoms with E-state index >= 15 is 0 Å². The van der Waals surface area contributed by atoms with Gasteiger partial charge in [-0.2, -0.15) is 0 Å². The first kappa shape index (κ1) is 17.8. The molecular formula is C25H19N5. The number of rotatable bonds is 3. The summed E-state index contributed by atoms with van der Waals surface area (Å²) in [5, 5.41) is 3.05. The van der Waals surface area contributed by atoms with Gasteiger partial charge in [0.05, 0.1) is 5.52 Å². The number of anilines is 1. The van der Waals surface area contributed by atoms with Crippen molar-refractivity contribution in [3.63, 3.8) is 0 Å². The van der Waals surface area contributed by atoms with E-state index in [0.29, 0.717) is 28.7 Å². The maximum atomic E-state index is 6.31. The van der Waals surface area contributed by atoms with Gasteiger partial charge in [0.2, 0.25) is 0 Å². The SMILES string of the molecule is NC(=Nc1nc(-c2cccc3ccccc23)nc2ccccc12)c1ccccc1N. The summed E-state index contributed by atoms with van der Waals surface area (Å²) in [6.07, 6.45) is 0. The number of para-hydroxylation sites is 2. The first-order chi connectivity index (χ1) is 14.7. The smallest absolute Gasteiger partial charge is 0.166 e. The molecule has 30 heavy (non-hydrogen) atoms. The number of nitrogens with zero attached hydrogens (tertiary/aromatic N) is 3. The number of benzene rings is 4. The molecule has 0 amide bonds. The Labute approximate surface area is 173 Å². The zero-order valence-corrected chi connectivity index (χ0v) is 16.2. The summed E-state index contributed by atoms with van der Waals surface area (Å²) in [4.78, 5) is 14.3. The highest BCUT2D eigenvalue weighted by atomic mass is 15.0. The molecule has 4 aromatic carbocycles. The van der Waals surface area contributed by atoms with Crippen molar-refractivity contribution in [1.82, 2.24) is 9.97 Å². The van der Waals surface area contributed by atoms with E-state index in [-0.39, 0.29) is 0 Å². The molecule has 5 nitrogen and oxygen atoms in total. The van der Waals surface area contributed by atoms with E-state index in [1.165, 1.54) is 0 Å². The second-order valence-corrected chi connectivity index (χ2v) is 7.00. The molecule has 1 heterocycles. The lowest BCUT2D eigenvalue weighted by molar-refractivity contribution is 1.21. The molecule has 0 aliphatic rings. The monoisotopic (exact) mass is 389 g/mol. The summed E-state index contributed by atoms with van der Waals surface area (Å²) < 4.78 is 0. The summed E-state index contributed by atoms with van der Waals surface area (Å²) in [5.41, 5.74) is 15.4. The number of amidine groups is 1. The molecule has 0 fully saturated rings. The molecule has 0 unspecified atom stereocenters. The fourth-order valence-corrected chi connectivity index (χ4v) is 3.59. The number of aliphatic imine (C=N–C) groups is 1. The van der Waals surface area contributed by atoms with Gasteiger partial charge < -0.3 is 11.5 Å². The first-order valence-corrected chi connectivity index (χ1v) is 9.65. The molecule has 5 heteroatoms.